The fraction of sp³-hybridized carbons (Fsp3) is 0.182. The zero-order valence-electron chi connectivity index (χ0n) is 9.39. The van der Waals surface area contributed by atoms with Crippen LogP contribution >= 0.6 is 11.6 Å². The maximum Gasteiger partial charge on any atom is 0.375 e. The number of halogens is 2. The molecule has 1 N–H and O–H groups in total. The predicted octanol–water partition coefficient (Wildman–Crippen LogP) is 2.32. The first kappa shape index (κ1) is 12.5. The Morgan fingerprint density at radius 3 is 2.83 bits per heavy atom. The summed E-state index contributed by atoms with van der Waals surface area (Å²) in [4.78, 5) is 14.7. The van der Waals surface area contributed by atoms with Crippen LogP contribution in [0.4, 0.5) is 4.39 Å². The minimum Gasteiger partial charge on any atom is -0.475 e. The second kappa shape index (κ2) is 4.73. The number of aryl methyl sites for hydroxylation is 1. The van der Waals surface area contributed by atoms with E-state index in [2.05, 4.69) is 10.1 Å². The van der Waals surface area contributed by atoms with Gasteiger partial charge in [-0.25, -0.2) is 18.9 Å². The van der Waals surface area contributed by atoms with Gasteiger partial charge in [0.15, 0.2) is 0 Å². The van der Waals surface area contributed by atoms with Gasteiger partial charge >= 0.3 is 5.97 Å². The van der Waals surface area contributed by atoms with Crippen molar-refractivity contribution in [2.75, 3.05) is 0 Å². The third-order valence-corrected chi connectivity index (χ3v) is 2.62. The summed E-state index contributed by atoms with van der Waals surface area (Å²) in [5.41, 5.74) is 0.398. The maximum atomic E-state index is 13.0. The van der Waals surface area contributed by atoms with Crippen molar-refractivity contribution in [2.24, 2.45) is 0 Å². The molecule has 0 aliphatic heterocycles. The average molecular weight is 270 g/mol. The fourth-order valence-electron chi connectivity index (χ4n) is 1.51. The molecule has 5 nitrogen and oxygen atoms in total. The predicted molar refractivity (Wildman–Crippen MR) is 62.7 cm³/mol. The molecular weight excluding hydrogens is 261 g/mol. The van der Waals surface area contributed by atoms with Crippen LogP contribution in [0.2, 0.25) is 5.02 Å². The first-order chi connectivity index (χ1) is 8.52. The van der Waals surface area contributed by atoms with E-state index in [9.17, 15) is 9.18 Å². The number of hydrogen-bond donors (Lipinski definition) is 1. The van der Waals surface area contributed by atoms with E-state index >= 15 is 0 Å². The van der Waals surface area contributed by atoms with Crippen molar-refractivity contribution in [2.45, 2.75) is 13.3 Å². The van der Waals surface area contributed by atoms with Gasteiger partial charge in [0, 0.05) is 6.42 Å². The SMILES string of the molecule is CCc1nc(C(=O)O)nn1-c1ccc(F)cc1Cl. The molecule has 0 aliphatic carbocycles. The molecule has 0 amide bonds. The van der Waals surface area contributed by atoms with Crippen LogP contribution in [0.25, 0.3) is 5.69 Å². The van der Waals surface area contributed by atoms with Crippen LogP contribution in [0, 0.1) is 5.82 Å². The Morgan fingerprint density at radius 1 is 1.56 bits per heavy atom. The second-order valence-electron chi connectivity index (χ2n) is 3.52. The summed E-state index contributed by atoms with van der Waals surface area (Å²) >= 11 is 5.91. The van der Waals surface area contributed by atoms with Crippen molar-refractivity contribution >= 4 is 17.6 Å². The highest BCUT2D eigenvalue weighted by atomic mass is 35.5. The largest absolute Gasteiger partial charge is 0.475 e. The van der Waals surface area contributed by atoms with Gasteiger partial charge in [0.25, 0.3) is 5.82 Å². The standard InChI is InChI=1S/C11H9ClFN3O2/c1-2-9-14-10(11(17)18)15-16(9)8-4-3-6(13)5-7(8)12/h3-5H,2H2,1H3,(H,17,18). The molecule has 0 unspecified atom stereocenters. The lowest BCUT2D eigenvalue weighted by Gasteiger charge is -2.06. The Bertz CT molecular complexity index is 612. The normalized spacial score (nSPS) is 10.6. The van der Waals surface area contributed by atoms with E-state index in [1.54, 1.807) is 0 Å². The van der Waals surface area contributed by atoms with Crippen LogP contribution in [0.3, 0.4) is 0 Å². The Balaban J connectivity index is 2.58. The lowest BCUT2D eigenvalue weighted by Crippen LogP contribution is -2.04. The minimum atomic E-state index is -1.22. The Morgan fingerprint density at radius 2 is 2.28 bits per heavy atom. The van der Waals surface area contributed by atoms with Crippen LogP contribution in [-0.2, 0) is 6.42 Å². The second-order valence-corrected chi connectivity index (χ2v) is 3.93. The molecular formula is C11H9ClFN3O2. The van der Waals surface area contributed by atoms with Crippen LogP contribution in [0.1, 0.15) is 23.4 Å². The molecule has 0 atom stereocenters. The van der Waals surface area contributed by atoms with Gasteiger partial charge in [-0.1, -0.05) is 18.5 Å². The van der Waals surface area contributed by atoms with E-state index in [1.807, 2.05) is 6.92 Å². The maximum absolute atomic E-state index is 13.0. The average Bonchev–Trinajstić information content (AvgIpc) is 2.73. The lowest BCUT2D eigenvalue weighted by molar-refractivity contribution is 0.0683. The van der Waals surface area contributed by atoms with Gasteiger partial charge in [0.2, 0.25) is 0 Å². The van der Waals surface area contributed by atoms with E-state index < -0.39 is 11.8 Å². The summed E-state index contributed by atoms with van der Waals surface area (Å²) in [5, 5.41) is 12.8. The third kappa shape index (κ3) is 2.19. The molecule has 7 heteroatoms. The van der Waals surface area contributed by atoms with Crippen molar-refractivity contribution in [1.29, 1.82) is 0 Å². The van der Waals surface area contributed by atoms with E-state index in [4.69, 9.17) is 16.7 Å². The van der Waals surface area contributed by atoms with Crippen LogP contribution in [0.15, 0.2) is 18.2 Å². The van der Waals surface area contributed by atoms with Gasteiger partial charge < -0.3 is 5.11 Å². The summed E-state index contributed by atoms with van der Waals surface area (Å²) in [5.74, 6) is -1.56. The van der Waals surface area contributed by atoms with Crippen LogP contribution < -0.4 is 0 Å². The third-order valence-electron chi connectivity index (χ3n) is 2.32. The summed E-state index contributed by atoms with van der Waals surface area (Å²) in [7, 11) is 0. The topological polar surface area (TPSA) is 68.0 Å². The van der Waals surface area contributed by atoms with Gasteiger partial charge in [0.05, 0.1) is 10.7 Å². The monoisotopic (exact) mass is 269 g/mol. The van der Waals surface area contributed by atoms with E-state index in [0.717, 1.165) is 6.07 Å². The molecule has 2 rings (SSSR count). The van der Waals surface area contributed by atoms with Crippen molar-refractivity contribution in [3.8, 4) is 5.69 Å². The minimum absolute atomic E-state index is 0.145. The summed E-state index contributed by atoms with van der Waals surface area (Å²) in [6.45, 7) is 1.81. The van der Waals surface area contributed by atoms with E-state index in [1.165, 1.54) is 16.8 Å². The number of rotatable bonds is 3. The molecule has 0 spiro atoms. The molecule has 1 aromatic heterocycles. The number of aromatic nitrogens is 3. The molecule has 0 radical (unpaired) electrons. The van der Waals surface area contributed by atoms with Gasteiger partial charge in [0.1, 0.15) is 11.6 Å². The first-order valence-corrected chi connectivity index (χ1v) is 5.55. The highest BCUT2D eigenvalue weighted by Crippen LogP contribution is 2.22. The molecule has 0 bridgehead atoms. The Hall–Kier alpha value is -1.95. The number of carboxylic acid groups (broad SMARTS) is 1. The van der Waals surface area contributed by atoms with Crippen molar-refractivity contribution in [3.05, 3.63) is 40.7 Å². The van der Waals surface area contributed by atoms with Gasteiger partial charge in [-0.15, -0.1) is 5.10 Å². The molecule has 1 aromatic carbocycles. The van der Waals surface area contributed by atoms with Crippen molar-refractivity contribution in [3.63, 3.8) is 0 Å². The smallest absolute Gasteiger partial charge is 0.375 e. The van der Waals surface area contributed by atoms with E-state index in [0.29, 0.717) is 17.9 Å². The molecule has 0 saturated heterocycles. The Labute approximate surface area is 107 Å². The highest BCUT2D eigenvalue weighted by Gasteiger charge is 2.17. The fourth-order valence-corrected chi connectivity index (χ4v) is 1.76. The number of benzene rings is 1. The Kier molecular flexibility index (Phi) is 3.29. The number of nitrogens with zero attached hydrogens (tertiary/aromatic N) is 3. The van der Waals surface area contributed by atoms with Crippen LogP contribution in [-0.4, -0.2) is 25.8 Å². The quantitative estimate of drug-likeness (QED) is 0.928. The number of carbonyl (C=O) groups is 1. The molecule has 18 heavy (non-hydrogen) atoms. The summed E-state index contributed by atoms with van der Waals surface area (Å²) in [6, 6.07) is 3.79. The molecule has 0 aliphatic rings. The van der Waals surface area contributed by atoms with Crippen LogP contribution in [0.5, 0.6) is 0 Å². The van der Waals surface area contributed by atoms with E-state index in [-0.39, 0.29) is 10.8 Å². The molecule has 0 fully saturated rings. The number of hydrogen-bond acceptors (Lipinski definition) is 3. The molecule has 0 saturated carbocycles. The lowest BCUT2D eigenvalue weighted by atomic mass is 10.3. The van der Waals surface area contributed by atoms with Gasteiger partial charge in [-0.3, -0.25) is 0 Å². The highest BCUT2D eigenvalue weighted by molar-refractivity contribution is 6.32. The molecule has 1 heterocycles. The molecule has 2 aromatic rings. The number of carboxylic acids is 1. The van der Waals surface area contributed by atoms with Crippen molar-refractivity contribution in [1.82, 2.24) is 14.8 Å². The zero-order valence-corrected chi connectivity index (χ0v) is 10.1. The zero-order chi connectivity index (χ0) is 13.3. The summed E-state index contributed by atoms with van der Waals surface area (Å²) < 4.78 is 14.3. The van der Waals surface area contributed by atoms with Crippen molar-refractivity contribution < 1.29 is 14.3 Å². The first-order valence-electron chi connectivity index (χ1n) is 5.17. The molecule has 94 valence electrons. The van der Waals surface area contributed by atoms with Gasteiger partial charge in [-0.05, 0) is 18.2 Å². The van der Waals surface area contributed by atoms with Gasteiger partial charge in [-0.2, -0.15) is 0 Å². The summed E-state index contributed by atoms with van der Waals surface area (Å²) in [6.07, 6.45) is 0.480. The number of aromatic carboxylic acids is 1.